The molecule has 43 heavy (non-hydrogen) atoms. The highest BCUT2D eigenvalue weighted by Crippen LogP contribution is 2.37. The SMILES string of the molecule is CCCCCCCC(=O)N(Cc1ccccc1F)C1CC(C(=O)NCCO)=CC(Oc2c(I)cc(CO)cc2OC)C1O. The Balaban J connectivity index is 2.00. The summed E-state index contributed by atoms with van der Waals surface area (Å²) in [4.78, 5) is 28.3. The molecule has 3 unspecified atom stereocenters. The lowest BCUT2D eigenvalue weighted by Crippen LogP contribution is -2.54. The maximum absolute atomic E-state index is 14.8. The fourth-order valence-corrected chi connectivity index (χ4v) is 5.91. The number of hydrogen-bond acceptors (Lipinski definition) is 7. The molecule has 0 bridgehead atoms. The first-order chi connectivity index (χ1) is 20.7. The van der Waals surface area contributed by atoms with Crippen molar-refractivity contribution in [2.75, 3.05) is 20.3 Å². The van der Waals surface area contributed by atoms with E-state index < -0.39 is 30.0 Å². The lowest BCUT2D eigenvalue weighted by molar-refractivity contribution is -0.139. The van der Waals surface area contributed by atoms with E-state index in [1.165, 1.54) is 24.2 Å². The molecule has 9 nitrogen and oxygen atoms in total. The predicted molar refractivity (Wildman–Crippen MR) is 169 cm³/mol. The maximum atomic E-state index is 14.8. The second kappa shape index (κ2) is 17.5. The number of rotatable bonds is 16. The third-order valence-electron chi connectivity index (χ3n) is 7.45. The average Bonchev–Trinajstić information content (AvgIpc) is 3.01. The lowest BCUT2D eigenvalue weighted by Gasteiger charge is -2.41. The van der Waals surface area contributed by atoms with Crippen LogP contribution in [-0.2, 0) is 22.7 Å². The number of aliphatic hydroxyl groups excluding tert-OH is 3. The summed E-state index contributed by atoms with van der Waals surface area (Å²) in [5.41, 5.74) is 1.17. The summed E-state index contributed by atoms with van der Waals surface area (Å²) >= 11 is 2.04. The van der Waals surface area contributed by atoms with Gasteiger partial charge in [-0.25, -0.2) is 4.39 Å². The lowest BCUT2D eigenvalue weighted by atomic mass is 9.87. The highest BCUT2D eigenvalue weighted by Gasteiger charge is 2.41. The molecule has 0 heterocycles. The highest BCUT2D eigenvalue weighted by atomic mass is 127. The Bertz CT molecular complexity index is 1260. The number of methoxy groups -OCH3 is 1. The van der Waals surface area contributed by atoms with Crippen molar-refractivity contribution in [2.45, 2.75) is 83.3 Å². The van der Waals surface area contributed by atoms with Gasteiger partial charge in [0, 0.05) is 37.1 Å². The third-order valence-corrected chi connectivity index (χ3v) is 8.25. The highest BCUT2D eigenvalue weighted by molar-refractivity contribution is 14.1. The van der Waals surface area contributed by atoms with Gasteiger partial charge in [-0.05, 0) is 58.9 Å². The smallest absolute Gasteiger partial charge is 0.247 e. The summed E-state index contributed by atoms with van der Waals surface area (Å²) in [6.07, 6.45) is 4.08. The molecule has 4 N–H and O–H groups in total. The second-order valence-electron chi connectivity index (χ2n) is 10.6. The van der Waals surface area contributed by atoms with Crippen LogP contribution in [0.25, 0.3) is 0 Å². The summed E-state index contributed by atoms with van der Waals surface area (Å²) in [5.74, 6) is -0.551. The molecule has 0 aromatic heterocycles. The number of amides is 2. The first-order valence-electron chi connectivity index (χ1n) is 14.7. The van der Waals surface area contributed by atoms with Crippen molar-refractivity contribution in [3.8, 4) is 11.5 Å². The number of carbonyl (C=O) groups excluding carboxylic acids is 2. The van der Waals surface area contributed by atoms with Crippen LogP contribution >= 0.6 is 22.6 Å². The Labute approximate surface area is 266 Å². The number of halogens is 2. The zero-order valence-electron chi connectivity index (χ0n) is 24.7. The van der Waals surface area contributed by atoms with Gasteiger partial charge in [0.05, 0.1) is 29.9 Å². The Morgan fingerprint density at radius 1 is 1.14 bits per heavy atom. The van der Waals surface area contributed by atoms with E-state index in [2.05, 4.69) is 12.2 Å². The van der Waals surface area contributed by atoms with Crippen molar-refractivity contribution in [3.05, 3.63) is 68.6 Å². The van der Waals surface area contributed by atoms with Crippen molar-refractivity contribution < 1.29 is 38.8 Å². The minimum absolute atomic E-state index is 0.00595. The number of benzene rings is 2. The molecule has 3 atom stereocenters. The van der Waals surface area contributed by atoms with Gasteiger partial charge in [-0.2, -0.15) is 0 Å². The molecule has 1 aliphatic carbocycles. The molecule has 3 rings (SSSR count). The Kier molecular flexibility index (Phi) is 14.2. The van der Waals surface area contributed by atoms with E-state index in [0.29, 0.717) is 32.6 Å². The van der Waals surface area contributed by atoms with Crippen LogP contribution in [0, 0.1) is 9.39 Å². The standard InChI is InChI=1S/C32H42FIN2O7/c1-3-4-5-6-7-12-29(39)36(19-22-10-8-9-11-24(22)33)26-17-23(32(41)35-13-14-37)18-27(30(26)40)43-31-25(34)15-21(20-38)16-28(31)42-2/h8-11,15-16,18,26-27,30,37-38,40H,3-7,12-14,17,19-20H2,1-2H3,(H,35,41). The van der Waals surface area contributed by atoms with Crippen LogP contribution in [0.4, 0.5) is 4.39 Å². The van der Waals surface area contributed by atoms with Gasteiger partial charge in [-0.1, -0.05) is 50.8 Å². The Hall–Kier alpha value is -2.74. The van der Waals surface area contributed by atoms with Crippen molar-refractivity contribution in [1.82, 2.24) is 10.2 Å². The molecule has 0 radical (unpaired) electrons. The number of carbonyl (C=O) groups is 2. The Morgan fingerprint density at radius 3 is 2.56 bits per heavy atom. The summed E-state index contributed by atoms with van der Waals surface area (Å²) in [5, 5.41) is 33.2. The number of nitrogens with one attached hydrogen (secondary N) is 1. The van der Waals surface area contributed by atoms with E-state index >= 15 is 0 Å². The van der Waals surface area contributed by atoms with E-state index in [-0.39, 0.29) is 50.6 Å². The van der Waals surface area contributed by atoms with Gasteiger partial charge in [0.1, 0.15) is 18.0 Å². The first kappa shape index (κ1) is 34.7. The van der Waals surface area contributed by atoms with E-state index in [1.54, 1.807) is 30.3 Å². The molecule has 2 aromatic rings. The molecule has 0 saturated heterocycles. The molecule has 0 spiro atoms. The van der Waals surface area contributed by atoms with Crippen molar-refractivity contribution >= 4 is 34.4 Å². The van der Waals surface area contributed by atoms with Crippen LogP contribution in [0.5, 0.6) is 11.5 Å². The summed E-state index contributed by atoms with van der Waals surface area (Å²) in [6.45, 7) is 1.59. The third kappa shape index (κ3) is 9.62. The molecule has 1 aliphatic rings. The van der Waals surface area contributed by atoms with Crippen molar-refractivity contribution in [1.29, 1.82) is 0 Å². The average molecular weight is 713 g/mol. The predicted octanol–water partition coefficient (Wildman–Crippen LogP) is 4.24. The number of unbranched alkanes of at least 4 members (excludes halogenated alkanes) is 4. The van der Waals surface area contributed by atoms with Gasteiger partial charge in [0.2, 0.25) is 11.8 Å². The van der Waals surface area contributed by atoms with Crippen molar-refractivity contribution in [2.24, 2.45) is 0 Å². The van der Waals surface area contributed by atoms with Gasteiger partial charge < -0.3 is 35.0 Å². The maximum Gasteiger partial charge on any atom is 0.247 e. The molecule has 2 amide bonds. The van der Waals surface area contributed by atoms with Gasteiger partial charge in [0.25, 0.3) is 0 Å². The topological polar surface area (TPSA) is 129 Å². The van der Waals surface area contributed by atoms with Crippen LogP contribution in [0.15, 0.2) is 48.0 Å². The number of aliphatic hydroxyl groups is 3. The molecule has 236 valence electrons. The van der Waals surface area contributed by atoms with Crippen molar-refractivity contribution in [3.63, 3.8) is 0 Å². The number of hydrogen-bond donors (Lipinski definition) is 4. The van der Waals surface area contributed by atoms with E-state index in [0.717, 1.165) is 25.7 Å². The van der Waals surface area contributed by atoms with Gasteiger partial charge >= 0.3 is 0 Å². The van der Waals surface area contributed by atoms with Gasteiger partial charge in [-0.15, -0.1) is 0 Å². The largest absolute Gasteiger partial charge is 0.493 e. The second-order valence-corrected chi connectivity index (χ2v) is 11.7. The monoisotopic (exact) mass is 712 g/mol. The fraction of sp³-hybridized carbons (Fsp3) is 0.500. The summed E-state index contributed by atoms with van der Waals surface area (Å²) in [7, 11) is 1.46. The van der Waals surface area contributed by atoms with Crippen LogP contribution in [0.2, 0.25) is 0 Å². The minimum atomic E-state index is -1.27. The minimum Gasteiger partial charge on any atom is -0.493 e. The number of ether oxygens (including phenoxy) is 2. The van der Waals surface area contributed by atoms with Gasteiger partial charge in [0.15, 0.2) is 11.5 Å². The molecular formula is C32H42FIN2O7. The zero-order valence-corrected chi connectivity index (χ0v) is 26.9. The van der Waals surface area contributed by atoms with Crippen LogP contribution in [0.1, 0.15) is 63.0 Å². The number of nitrogens with zero attached hydrogens (tertiary/aromatic N) is 1. The molecule has 0 aliphatic heterocycles. The quantitative estimate of drug-likeness (QED) is 0.152. The van der Waals surface area contributed by atoms with E-state index in [9.17, 15) is 29.3 Å². The van der Waals surface area contributed by atoms with Crippen LogP contribution in [0.3, 0.4) is 0 Å². The summed E-state index contributed by atoms with van der Waals surface area (Å²) in [6, 6.07) is 8.61. The van der Waals surface area contributed by atoms with Crippen LogP contribution in [-0.4, -0.2) is 70.5 Å². The fourth-order valence-electron chi connectivity index (χ4n) is 5.12. The molecule has 2 aromatic carbocycles. The molecule has 11 heteroatoms. The normalized spacial score (nSPS) is 18.1. The van der Waals surface area contributed by atoms with Gasteiger partial charge in [-0.3, -0.25) is 9.59 Å². The molecule has 0 saturated carbocycles. The molecule has 0 fully saturated rings. The molecular weight excluding hydrogens is 670 g/mol. The Morgan fingerprint density at radius 2 is 1.88 bits per heavy atom. The van der Waals surface area contributed by atoms with Crippen LogP contribution < -0.4 is 14.8 Å². The van der Waals surface area contributed by atoms with E-state index in [4.69, 9.17) is 9.47 Å². The van der Waals surface area contributed by atoms with E-state index in [1.807, 2.05) is 22.6 Å². The zero-order chi connectivity index (χ0) is 31.4. The summed E-state index contributed by atoms with van der Waals surface area (Å²) < 4.78 is 27.2. The first-order valence-corrected chi connectivity index (χ1v) is 15.8.